The average Bonchev–Trinajstić information content (AvgIpc) is 2.44. The Morgan fingerprint density at radius 2 is 2.05 bits per heavy atom. The monoisotopic (exact) mass is 265 g/mol. The van der Waals surface area contributed by atoms with E-state index in [1.165, 1.54) is 18.2 Å². The molecule has 0 saturated carbocycles. The van der Waals surface area contributed by atoms with Gasteiger partial charge < -0.3 is 9.47 Å². The third-order valence-corrected chi connectivity index (χ3v) is 3.14. The molecule has 0 aromatic heterocycles. The number of hydrogen-bond acceptors (Lipinski definition) is 4. The van der Waals surface area contributed by atoms with Gasteiger partial charge in [-0.3, -0.25) is 9.69 Å². The van der Waals surface area contributed by atoms with Gasteiger partial charge in [-0.15, -0.1) is 0 Å². The first kappa shape index (κ1) is 15.5. The highest BCUT2D eigenvalue weighted by Gasteiger charge is 2.09. The first-order valence-electron chi connectivity index (χ1n) is 6.51. The van der Waals surface area contributed by atoms with Gasteiger partial charge >= 0.3 is 5.97 Å². The van der Waals surface area contributed by atoms with E-state index in [0.717, 1.165) is 25.1 Å². The molecule has 1 aromatic rings. The second-order valence-electron chi connectivity index (χ2n) is 4.56. The van der Waals surface area contributed by atoms with Crippen molar-refractivity contribution >= 4 is 5.97 Å². The molecular weight excluding hydrogens is 242 g/mol. The molecule has 4 heteroatoms. The Morgan fingerprint density at radius 3 is 2.63 bits per heavy atom. The van der Waals surface area contributed by atoms with Crippen LogP contribution in [0.1, 0.15) is 18.1 Å². The number of carbonyl (C=O) groups excluding carboxylic acids is 1. The smallest absolute Gasteiger partial charge is 0.319 e. The molecule has 0 spiro atoms. The number of benzene rings is 1. The molecule has 0 saturated heterocycles. The molecule has 0 aliphatic rings. The van der Waals surface area contributed by atoms with Crippen LogP contribution in [0.5, 0.6) is 5.75 Å². The van der Waals surface area contributed by atoms with Gasteiger partial charge in [0, 0.05) is 6.54 Å². The predicted molar refractivity (Wildman–Crippen MR) is 75.6 cm³/mol. The van der Waals surface area contributed by atoms with Gasteiger partial charge in [-0.05, 0) is 37.1 Å². The minimum absolute atomic E-state index is 0.211. The van der Waals surface area contributed by atoms with Crippen LogP contribution >= 0.6 is 0 Å². The Balaban J connectivity index is 2.62. The molecule has 0 unspecified atom stereocenters. The van der Waals surface area contributed by atoms with Gasteiger partial charge in [0.25, 0.3) is 0 Å². The maximum absolute atomic E-state index is 11.2. The lowest BCUT2D eigenvalue weighted by Gasteiger charge is -2.16. The van der Waals surface area contributed by atoms with E-state index in [0.29, 0.717) is 6.54 Å². The molecule has 19 heavy (non-hydrogen) atoms. The van der Waals surface area contributed by atoms with E-state index in [1.807, 2.05) is 18.0 Å². The molecule has 106 valence electrons. The third kappa shape index (κ3) is 4.91. The number of aryl methyl sites for hydroxylation is 1. The summed E-state index contributed by atoms with van der Waals surface area (Å²) in [6, 6.07) is 6.26. The van der Waals surface area contributed by atoms with E-state index in [9.17, 15) is 4.79 Å². The van der Waals surface area contributed by atoms with Crippen molar-refractivity contribution < 1.29 is 14.3 Å². The van der Waals surface area contributed by atoms with Crippen molar-refractivity contribution in [2.45, 2.75) is 19.8 Å². The molecule has 0 heterocycles. The largest absolute Gasteiger partial charge is 0.496 e. The van der Waals surface area contributed by atoms with Gasteiger partial charge in [-0.2, -0.15) is 0 Å². The number of carbonyl (C=O) groups is 1. The fourth-order valence-electron chi connectivity index (χ4n) is 1.92. The van der Waals surface area contributed by atoms with Gasteiger partial charge in [0.1, 0.15) is 5.75 Å². The molecule has 0 amide bonds. The Labute approximate surface area is 115 Å². The fourth-order valence-corrected chi connectivity index (χ4v) is 1.92. The number of hydrogen-bond donors (Lipinski definition) is 0. The summed E-state index contributed by atoms with van der Waals surface area (Å²) in [6.07, 6.45) is 1.86. The van der Waals surface area contributed by atoms with Crippen molar-refractivity contribution in [2.24, 2.45) is 0 Å². The standard InChI is InChI=1S/C15H23NO3/c1-5-12-6-7-14(18-3)13(10-12)8-9-16(2)11-15(17)19-4/h6-7,10H,5,8-9,11H2,1-4H3. The second kappa shape index (κ2) is 7.79. The summed E-state index contributed by atoms with van der Waals surface area (Å²) < 4.78 is 10.0. The normalized spacial score (nSPS) is 10.6. The lowest BCUT2D eigenvalue weighted by atomic mass is 10.0. The van der Waals surface area contributed by atoms with Crippen molar-refractivity contribution in [3.8, 4) is 5.75 Å². The van der Waals surface area contributed by atoms with Crippen molar-refractivity contribution in [3.63, 3.8) is 0 Å². The summed E-state index contributed by atoms with van der Waals surface area (Å²) in [7, 11) is 5.00. The summed E-state index contributed by atoms with van der Waals surface area (Å²) in [5.74, 6) is 0.695. The molecule has 0 radical (unpaired) electrons. The van der Waals surface area contributed by atoms with E-state index < -0.39 is 0 Å². The van der Waals surface area contributed by atoms with E-state index in [4.69, 9.17) is 4.74 Å². The third-order valence-electron chi connectivity index (χ3n) is 3.14. The molecule has 0 atom stereocenters. The lowest BCUT2D eigenvalue weighted by Crippen LogP contribution is -2.28. The highest BCUT2D eigenvalue weighted by Crippen LogP contribution is 2.21. The van der Waals surface area contributed by atoms with Crippen LogP contribution < -0.4 is 4.74 Å². The number of rotatable bonds is 7. The molecule has 1 aromatic carbocycles. The highest BCUT2D eigenvalue weighted by molar-refractivity contribution is 5.71. The van der Waals surface area contributed by atoms with Crippen LogP contribution in [0.2, 0.25) is 0 Å². The van der Waals surface area contributed by atoms with Crippen molar-refractivity contribution in [1.82, 2.24) is 4.90 Å². The van der Waals surface area contributed by atoms with Crippen molar-refractivity contribution in [1.29, 1.82) is 0 Å². The van der Waals surface area contributed by atoms with Crippen LogP contribution in [0.25, 0.3) is 0 Å². The summed E-state index contributed by atoms with van der Waals surface area (Å²) in [6.45, 7) is 3.24. The number of esters is 1. The van der Waals surface area contributed by atoms with Crippen LogP contribution in [0.4, 0.5) is 0 Å². The van der Waals surface area contributed by atoms with E-state index in [1.54, 1.807) is 7.11 Å². The number of methoxy groups -OCH3 is 2. The molecule has 0 bridgehead atoms. The van der Waals surface area contributed by atoms with E-state index in [2.05, 4.69) is 23.8 Å². The predicted octanol–water partition coefficient (Wildman–Crippen LogP) is 1.90. The van der Waals surface area contributed by atoms with Gasteiger partial charge in [0.05, 0.1) is 20.8 Å². The quantitative estimate of drug-likeness (QED) is 0.706. The van der Waals surface area contributed by atoms with Gasteiger partial charge in [-0.25, -0.2) is 0 Å². The molecule has 0 fully saturated rings. The van der Waals surface area contributed by atoms with Crippen LogP contribution in [0.15, 0.2) is 18.2 Å². The SMILES string of the molecule is CCc1ccc(OC)c(CCN(C)CC(=O)OC)c1. The lowest BCUT2D eigenvalue weighted by molar-refractivity contribution is -0.141. The Kier molecular flexibility index (Phi) is 6.36. The first-order valence-corrected chi connectivity index (χ1v) is 6.51. The van der Waals surface area contributed by atoms with Gasteiger partial charge in [0.15, 0.2) is 0 Å². The van der Waals surface area contributed by atoms with Crippen LogP contribution in [-0.4, -0.2) is 45.2 Å². The second-order valence-corrected chi connectivity index (χ2v) is 4.56. The molecule has 0 N–H and O–H groups in total. The molecule has 0 aliphatic carbocycles. The molecule has 1 rings (SSSR count). The minimum Gasteiger partial charge on any atom is -0.496 e. The van der Waals surface area contributed by atoms with Gasteiger partial charge in [-0.1, -0.05) is 19.1 Å². The van der Waals surface area contributed by atoms with E-state index >= 15 is 0 Å². The summed E-state index contributed by atoms with van der Waals surface area (Å²) >= 11 is 0. The zero-order valence-corrected chi connectivity index (χ0v) is 12.2. The number of likely N-dealkylation sites (N-methyl/N-ethyl adjacent to an activating group) is 1. The van der Waals surface area contributed by atoms with E-state index in [-0.39, 0.29) is 5.97 Å². The molecular formula is C15H23NO3. The van der Waals surface area contributed by atoms with Crippen molar-refractivity contribution in [3.05, 3.63) is 29.3 Å². The Bertz CT molecular complexity index is 418. The number of ether oxygens (including phenoxy) is 2. The average molecular weight is 265 g/mol. The topological polar surface area (TPSA) is 38.8 Å². The van der Waals surface area contributed by atoms with Crippen LogP contribution in [0, 0.1) is 0 Å². The Hall–Kier alpha value is -1.55. The summed E-state index contributed by atoms with van der Waals surface area (Å²) in [5, 5.41) is 0. The zero-order valence-electron chi connectivity index (χ0n) is 12.2. The first-order chi connectivity index (χ1) is 9.10. The Morgan fingerprint density at radius 1 is 1.32 bits per heavy atom. The molecule has 4 nitrogen and oxygen atoms in total. The highest BCUT2D eigenvalue weighted by atomic mass is 16.5. The summed E-state index contributed by atoms with van der Waals surface area (Å²) in [4.78, 5) is 13.1. The fraction of sp³-hybridized carbons (Fsp3) is 0.533. The van der Waals surface area contributed by atoms with Gasteiger partial charge in [0.2, 0.25) is 0 Å². The van der Waals surface area contributed by atoms with Crippen molar-refractivity contribution in [2.75, 3.05) is 34.4 Å². The maximum atomic E-state index is 11.2. The minimum atomic E-state index is -0.211. The zero-order chi connectivity index (χ0) is 14.3. The summed E-state index contributed by atoms with van der Waals surface area (Å²) in [5.41, 5.74) is 2.48. The number of nitrogens with zero attached hydrogens (tertiary/aromatic N) is 1. The maximum Gasteiger partial charge on any atom is 0.319 e. The van der Waals surface area contributed by atoms with Crippen LogP contribution in [0.3, 0.4) is 0 Å². The molecule has 0 aliphatic heterocycles. The van der Waals surface area contributed by atoms with Crippen LogP contribution in [-0.2, 0) is 22.4 Å².